The van der Waals surface area contributed by atoms with E-state index in [0.717, 1.165) is 5.56 Å². The Morgan fingerprint density at radius 2 is 1.71 bits per heavy atom. The summed E-state index contributed by atoms with van der Waals surface area (Å²) in [5, 5.41) is 8.20. The van der Waals surface area contributed by atoms with Crippen molar-refractivity contribution in [3.63, 3.8) is 0 Å². The van der Waals surface area contributed by atoms with E-state index in [1.54, 1.807) is 18.3 Å². The fourth-order valence-electron chi connectivity index (χ4n) is 2.35. The van der Waals surface area contributed by atoms with E-state index < -0.39 is 0 Å². The molecule has 0 saturated heterocycles. The van der Waals surface area contributed by atoms with Gasteiger partial charge in [0.25, 0.3) is 5.56 Å². The average Bonchev–Trinajstić information content (AvgIpc) is 2.60. The van der Waals surface area contributed by atoms with E-state index in [1.165, 1.54) is 4.68 Å². The van der Waals surface area contributed by atoms with Gasteiger partial charge >= 0.3 is 0 Å². The van der Waals surface area contributed by atoms with Crippen LogP contribution in [0.25, 0.3) is 5.69 Å². The summed E-state index contributed by atoms with van der Waals surface area (Å²) in [5.74, 6) is 0. The Kier molecular flexibility index (Phi) is 4.88. The SMILES string of the molecule is C[C@H](Nc1cnn(-c2ccccc2)c(=O)c1Cl)c1ccc(Cl)cc1. The Morgan fingerprint density at radius 1 is 1.04 bits per heavy atom. The van der Waals surface area contributed by atoms with Gasteiger partial charge in [0.2, 0.25) is 0 Å². The van der Waals surface area contributed by atoms with Gasteiger partial charge in [-0.1, -0.05) is 53.5 Å². The van der Waals surface area contributed by atoms with Crippen LogP contribution >= 0.6 is 23.2 Å². The van der Waals surface area contributed by atoms with E-state index in [2.05, 4.69) is 10.4 Å². The minimum atomic E-state index is -0.365. The molecule has 122 valence electrons. The van der Waals surface area contributed by atoms with Crippen LogP contribution in [-0.4, -0.2) is 9.78 Å². The highest BCUT2D eigenvalue weighted by atomic mass is 35.5. The van der Waals surface area contributed by atoms with Crippen LogP contribution in [0.4, 0.5) is 5.69 Å². The summed E-state index contributed by atoms with van der Waals surface area (Å²) >= 11 is 12.2. The lowest BCUT2D eigenvalue weighted by Crippen LogP contribution is -2.23. The van der Waals surface area contributed by atoms with Gasteiger partial charge in [-0.2, -0.15) is 9.78 Å². The molecule has 0 spiro atoms. The second-order valence-electron chi connectivity index (χ2n) is 5.34. The molecule has 3 aromatic rings. The predicted octanol–water partition coefficient (Wildman–Crippen LogP) is 4.71. The first-order valence-electron chi connectivity index (χ1n) is 7.41. The number of hydrogen-bond acceptors (Lipinski definition) is 3. The molecule has 0 amide bonds. The Hall–Kier alpha value is -2.30. The van der Waals surface area contributed by atoms with Gasteiger partial charge in [0, 0.05) is 11.1 Å². The number of aromatic nitrogens is 2. The van der Waals surface area contributed by atoms with E-state index in [1.807, 2.05) is 49.4 Å². The quantitative estimate of drug-likeness (QED) is 0.733. The number of benzene rings is 2. The molecule has 0 unspecified atom stereocenters. The second kappa shape index (κ2) is 7.07. The summed E-state index contributed by atoms with van der Waals surface area (Å²) < 4.78 is 1.28. The van der Waals surface area contributed by atoms with Crippen LogP contribution in [0.15, 0.2) is 65.6 Å². The lowest BCUT2D eigenvalue weighted by Gasteiger charge is -2.17. The van der Waals surface area contributed by atoms with Crippen LogP contribution in [0.1, 0.15) is 18.5 Å². The number of para-hydroxylation sites is 1. The Labute approximate surface area is 149 Å². The van der Waals surface area contributed by atoms with E-state index in [9.17, 15) is 4.79 Å². The van der Waals surface area contributed by atoms with Crippen molar-refractivity contribution >= 4 is 28.9 Å². The van der Waals surface area contributed by atoms with E-state index in [4.69, 9.17) is 23.2 Å². The third-order valence-corrected chi connectivity index (χ3v) is 4.28. The van der Waals surface area contributed by atoms with E-state index >= 15 is 0 Å². The highest BCUT2D eigenvalue weighted by Crippen LogP contribution is 2.24. The summed E-state index contributed by atoms with van der Waals surface area (Å²) in [6.07, 6.45) is 1.56. The van der Waals surface area contributed by atoms with Crippen LogP contribution in [0.3, 0.4) is 0 Å². The molecule has 24 heavy (non-hydrogen) atoms. The molecule has 1 N–H and O–H groups in total. The second-order valence-corrected chi connectivity index (χ2v) is 6.16. The van der Waals surface area contributed by atoms with Crippen molar-refractivity contribution in [1.82, 2.24) is 9.78 Å². The number of rotatable bonds is 4. The van der Waals surface area contributed by atoms with Crippen LogP contribution in [0.2, 0.25) is 10.0 Å². The molecule has 0 bridgehead atoms. The third-order valence-electron chi connectivity index (χ3n) is 3.66. The summed E-state index contributed by atoms with van der Waals surface area (Å²) in [5.41, 5.74) is 1.83. The highest BCUT2D eigenvalue weighted by Gasteiger charge is 2.13. The fraction of sp³-hybridized carbons (Fsp3) is 0.111. The summed E-state index contributed by atoms with van der Waals surface area (Å²) in [6.45, 7) is 1.97. The normalized spacial score (nSPS) is 12.0. The minimum Gasteiger partial charge on any atom is -0.376 e. The zero-order chi connectivity index (χ0) is 17.1. The van der Waals surface area contributed by atoms with Crippen LogP contribution < -0.4 is 10.9 Å². The summed E-state index contributed by atoms with van der Waals surface area (Å²) in [4.78, 5) is 12.5. The maximum Gasteiger partial charge on any atom is 0.292 e. The van der Waals surface area contributed by atoms with Crippen molar-refractivity contribution in [2.75, 3.05) is 5.32 Å². The standard InChI is InChI=1S/C18H15Cl2N3O/c1-12(13-7-9-14(19)10-8-13)22-16-11-21-23(18(24)17(16)20)15-5-3-2-4-6-15/h2-12,22H,1H3/t12-/m0/s1. The minimum absolute atomic E-state index is 0.0476. The largest absolute Gasteiger partial charge is 0.376 e. The monoisotopic (exact) mass is 359 g/mol. The lowest BCUT2D eigenvalue weighted by atomic mass is 10.1. The summed E-state index contributed by atoms with van der Waals surface area (Å²) in [7, 11) is 0. The van der Waals surface area contributed by atoms with Gasteiger partial charge < -0.3 is 5.32 Å². The van der Waals surface area contributed by atoms with Crippen molar-refractivity contribution in [2.24, 2.45) is 0 Å². The molecule has 1 heterocycles. The molecule has 0 saturated carbocycles. The van der Waals surface area contributed by atoms with Crippen molar-refractivity contribution in [3.8, 4) is 5.69 Å². The molecule has 6 heteroatoms. The fourth-order valence-corrected chi connectivity index (χ4v) is 2.66. The Balaban J connectivity index is 1.89. The first-order valence-corrected chi connectivity index (χ1v) is 8.17. The number of nitrogens with one attached hydrogen (secondary N) is 1. The maximum absolute atomic E-state index is 12.5. The van der Waals surface area contributed by atoms with E-state index in [-0.39, 0.29) is 16.6 Å². The molecule has 1 aromatic heterocycles. The molecule has 4 nitrogen and oxygen atoms in total. The van der Waals surface area contributed by atoms with Gasteiger partial charge in [0.1, 0.15) is 5.02 Å². The molecule has 0 aliphatic carbocycles. The topological polar surface area (TPSA) is 46.9 Å². The van der Waals surface area contributed by atoms with Gasteiger partial charge in [-0.15, -0.1) is 0 Å². The molecule has 2 aromatic carbocycles. The first kappa shape index (κ1) is 16.6. The van der Waals surface area contributed by atoms with Crippen molar-refractivity contribution in [1.29, 1.82) is 0 Å². The van der Waals surface area contributed by atoms with Crippen LogP contribution in [0.5, 0.6) is 0 Å². The van der Waals surface area contributed by atoms with Crippen molar-refractivity contribution < 1.29 is 0 Å². The average molecular weight is 360 g/mol. The van der Waals surface area contributed by atoms with Gasteiger partial charge in [-0.3, -0.25) is 4.79 Å². The van der Waals surface area contributed by atoms with Gasteiger partial charge in [0.15, 0.2) is 0 Å². The molecule has 3 rings (SSSR count). The Morgan fingerprint density at radius 3 is 2.38 bits per heavy atom. The molecule has 0 radical (unpaired) electrons. The van der Waals surface area contributed by atoms with Crippen molar-refractivity contribution in [3.05, 3.63) is 86.8 Å². The third kappa shape index (κ3) is 3.45. The maximum atomic E-state index is 12.5. The van der Waals surface area contributed by atoms with Crippen molar-refractivity contribution in [2.45, 2.75) is 13.0 Å². The molecule has 0 aliphatic heterocycles. The van der Waals surface area contributed by atoms with E-state index in [0.29, 0.717) is 16.4 Å². The number of hydrogen-bond donors (Lipinski definition) is 1. The Bertz CT molecular complexity index is 892. The molecular formula is C18H15Cl2N3O. The molecule has 1 atom stereocenters. The molecular weight excluding hydrogens is 345 g/mol. The number of nitrogens with zero attached hydrogens (tertiary/aromatic N) is 2. The van der Waals surface area contributed by atoms with Gasteiger partial charge in [-0.05, 0) is 36.8 Å². The summed E-state index contributed by atoms with van der Waals surface area (Å²) in [6, 6.07) is 16.6. The number of halogens is 2. The van der Waals surface area contributed by atoms with Gasteiger partial charge in [0.05, 0.1) is 17.6 Å². The first-order chi connectivity index (χ1) is 11.6. The van der Waals surface area contributed by atoms with Crippen LogP contribution in [-0.2, 0) is 0 Å². The zero-order valence-corrected chi connectivity index (χ0v) is 14.4. The zero-order valence-electron chi connectivity index (χ0n) is 12.9. The predicted molar refractivity (Wildman–Crippen MR) is 98.3 cm³/mol. The number of anilines is 1. The molecule has 0 fully saturated rings. The smallest absolute Gasteiger partial charge is 0.292 e. The highest BCUT2D eigenvalue weighted by molar-refractivity contribution is 6.33. The lowest BCUT2D eigenvalue weighted by molar-refractivity contribution is 0.799. The van der Waals surface area contributed by atoms with Crippen LogP contribution in [0, 0.1) is 0 Å². The van der Waals surface area contributed by atoms with Gasteiger partial charge in [-0.25, -0.2) is 0 Å². The molecule has 0 aliphatic rings.